The number of nitrogens with zero attached hydrogens (tertiary/aromatic N) is 1. The molecule has 0 aliphatic heterocycles. The number of aryl methyl sites for hydroxylation is 1. The van der Waals surface area contributed by atoms with Crippen molar-refractivity contribution in [3.05, 3.63) is 35.4 Å². The fraction of sp³-hybridized carbons (Fsp3) is 0.632. The summed E-state index contributed by atoms with van der Waals surface area (Å²) >= 11 is 0. The molecule has 1 aliphatic rings. The smallest absolute Gasteiger partial charge is 0.317 e. The second-order valence-corrected chi connectivity index (χ2v) is 7.43. The van der Waals surface area contributed by atoms with Crippen LogP contribution in [-0.2, 0) is 12.8 Å². The molecule has 0 radical (unpaired) electrons. The largest absolute Gasteiger partial charge is 0.396 e. The summed E-state index contributed by atoms with van der Waals surface area (Å²) in [6.07, 6.45) is 4.81. The maximum absolute atomic E-state index is 12.3. The average molecular weight is 318 g/mol. The molecule has 1 aromatic rings. The summed E-state index contributed by atoms with van der Waals surface area (Å²) in [5.74, 6) is 0. The fourth-order valence-electron chi connectivity index (χ4n) is 3.14. The number of carbonyl (C=O) groups is 1. The molecular weight excluding hydrogens is 288 g/mol. The van der Waals surface area contributed by atoms with Crippen molar-refractivity contribution in [2.45, 2.75) is 52.0 Å². The number of benzene rings is 1. The summed E-state index contributed by atoms with van der Waals surface area (Å²) in [5.41, 5.74) is 2.72. The molecule has 0 saturated heterocycles. The van der Waals surface area contributed by atoms with Gasteiger partial charge in [-0.1, -0.05) is 38.1 Å². The van der Waals surface area contributed by atoms with Crippen LogP contribution in [0.2, 0.25) is 0 Å². The zero-order valence-electron chi connectivity index (χ0n) is 14.6. The van der Waals surface area contributed by atoms with E-state index in [4.69, 9.17) is 0 Å². The van der Waals surface area contributed by atoms with E-state index < -0.39 is 0 Å². The highest BCUT2D eigenvalue weighted by atomic mass is 16.3. The Bertz CT molecular complexity index is 528. The Morgan fingerprint density at radius 1 is 1.35 bits per heavy atom. The number of amides is 2. The molecule has 23 heavy (non-hydrogen) atoms. The number of aliphatic hydroxyl groups excluding tert-OH is 1. The Balaban J connectivity index is 1.77. The standard InChI is InChI=1S/C19H30N2O2/c1-19(2,14-22)11-6-12-20-18(23)21(3)17-10-9-15-7-4-5-8-16(15)13-17/h4-5,7-8,17,22H,6,9-14H2,1-3H3,(H,20,23). The van der Waals surface area contributed by atoms with E-state index in [1.807, 2.05) is 25.8 Å². The van der Waals surface area contributed by atoms with Crippen molar-refractivity contribution in [1.29, 1.82) is 0 Å². The first-order valence-electron chi connectivity index (χ1n) is 8.61. The van der Waals surface area contributed by atoms with Crippen LogP contribution < -0.4 is 5.32 Å². The van der Waals surface area contributed by atoms with Crippen LogP contribution in [0.4, 0.5) is 4.79 Å². The van der Waals surface area contributed by atoms with Gasteiger partial charge in [-0.3, -0.25) is 0 Å². The lowest BCUT2D eigenvalue weighted by atomic mass is 9.88. The molecule has 0 bridgehead atoms. The van der Waals surface area contributed by atoms with E-state index in [2.05, 4.69) is 29.6 Å². The lowest BCUT2D eigenvalue weighted by Gasteiger charge is -2.32. The third kappa shape index (κ3) is 4.96. The number of rotatable bonds is 6. The molecule has 1 atom stereocenters. The topological polar surface area (TPSA) is 52.6 Å². The Morgan fingerprint density at radius 2 is 2.04 bits per heavy atom. The SMILES string of the molecule is CN(C(=O)NCCCC(C)(C)CO)C1CCc2ccccc2C1. The van der Waals surface area contributed by atoms with E-state index in [9.17, 15) is 9.90 Å². The van der Waals surface area contributed by atoms with Crippen LogP contribution in [0.5, 0.6) is 0 Å². The highest BCUT2D eigenvalue weighted by molar-refractivity contribution is 5.74. The summed E-state index contributed by atoms with van der Waals surface area (Å²) in [4.78, 5) is 14.2. The van der Waals surface area contributed by atoms with Gasteiger partial charge in [0.15, 0.2) is 0 Å². The van der Waals surface area contributed by atoms with E-state index in [-0.39, 0.29) is 24.1 Å². The molecule has 128 valence electrons. The summed E-state index contributed by atoms with van der Waals surface area (Å²) in [7, 11) is 1.89. The number of urea groups is 1. The van der Waals surface area contributed by atoms with Crippen LogP contribution in [0, 0.1) is 5.41 Å². The Kier molecular flexibility index (Phi) is 6.05. The lowest BCUT2D eigenvalue weighted by molar-refractivity contribution is 0.147. The van der Waals surface area contributed by atoms with Crippen LogP contribution in [0.3, 0.4) is 0 Å². The number of hydrogen-bond acceptors (Lipinski definition) is 2. The molecular formula is C19H30N2O2. The van der Waals surface area contributed by atoms with E-state index in [1.165, 1.54) is 11.1 Å². The Hall–Kier alpha value is -1.55. The monoisotopic (exact) mass is 318 g/mol. The molecule has 2 rings (SSSR count). The summed E-state index contributed by atoms with van der Waals surface area (Å²) in [5, 5.41) is 12.3. The molecule has 0 fully saturated rings. The first-order chi connectivity index (χ1) is 10.9. The van der Waals surface area contributed by atoms with Gasteiger partial charge in [-0.25, -0.2) is 4.79 Å². The number of likely N-dealkylation sites (N-methyl/N-ethyl adjacent to an activating group) is 1. The van der Waals surface area contributed by atoms with Crippen molar-refractivity contribution < 1.29 is 9.90 Å². The molecule has 0 saturated carbocycles. The maximum atomic E-state index is 12.3. The summed E-state index contributed by atoms with van der Waals surface area (Å²) < 4.78 is 0. The normalized spacial score (nSPS) is 17.5. The minimum Gasteiger partial charge on any atom is -0.396 e. The molecule has 2 N–H and O–H groups in total. The van der Waals surface area contributed by atoms with Crippen LogP contribution in [0.1, 0.15) is 44.2 Å². The number of carbonyl (C=O) groups excluding carboxylic acids is 1. The number of nitrogens with one attached hydrogen (secondary N) is 1. The molecule has 1 aliphatic carbocycles. The number of aliphatic hydroxyl groups is 1. The van der Waals surface area contributed by atoms with Crippen molar-refractivity contribution in [2.75, 3.05) is 20.2 Å². The molecule has 4 nitrogen and oxygen atoms in total. The van der Waals surface area contributed by atoms with Gasteiger partial charge in [-0.15, -0.1) is 0 Å². The van der Waals surface area contributed by atoms with Crippen LogP contribution in [0.15, 0.2) is 24.3 Å². The fourth-order valence-corrected chi connectivity index (χ4v) is 3.14. The second-order valence-electron chi connectivity index (χ2n) is 7.43. The lowest BCUT2D eigenvalue weighted by Crippen LogP contribution is -2.46. The maximum Gasteiger partial charge on any atom is 0.317 e. The van der Waals surface area contributed by atoms with Crippen LogP contribution in [-0.4, -0.2) is 42.3 Å². The third-order valence-corrected chi connectivity index (χ3v) is 4.92. The van der Waals surface area contributed by atoms with Gasteiger partial charge in [0.05, 0.1) is 0 Å². The van der Waals surface area contributed by atoms with Crippen LogP contribution >= 0.6 is 0 Å². The second kappa shape index (κ2) is 7.82. The minimum absolute atomic E-state index is 0.0104. The molecule has 2 amide bonds. The first kappa shape index (κ1) is 17.8. The van der Waals surface area contributed by atoms with E-state index >= 15 is 0 Å². The van der Waals surface area contributed by atoms with Gasteiger partial charge in [-0.05, 0) is 48.6 Å². The predicted molar refractivity (Wildman–Crippen MR) is 93.5 cm³/mol. The first-order valence-corrected chi connectivity index (χ1v) is 8.61. The van der Waals surface area contributed by atoms with Crippen molar-refractivity contribution in [3.8, 4) is 0 Å². The van der Waals surface area contributed by atoms with Crippen molar-refractivity contribution in [3.63, 3.8) is 0 Å². The predicted octanol–water partition coefficient (Wildman–Crippen LogP) is 2.98. The highest BCUT2D eigenvalue weighted by Gasteiger charge is 2.24. The zero-order valence-corrected chi connectivity index (χ0v) is 14.6. The third-order valence-electron chi connectivity index (χ3n) is 4.92. The summed E-state index contributed by atoms with van der Waals surface area (Å²) in [6, 6.07) is 8.81. The number of fused-ring (bicyclic) bond motifs is 1. The van der Waals surface area contributed by atoms with E-state index in [0.29, 0.717) is 6.54 Å². The minimum atomic E-state index is -0.0658. The molecule has 1 aromatic carbocycles. The molecule has 0 heterocycles. The number of hydrogen-bond donors (Lipinski definition) is 2. The van der Waals surface area contributed by atoms with Crippen LogP contribution in [0.25, 0.3) is 0 Å². The van der Waals surface area contributed by atoms with E-state index in [0.717, 1.165) is 32.1 Å². The Morgan fingerprint density at radius 3 is 2.74 bits per heavy atom. The Labute approximate surface area is 139 Å². The van der Waals surface area contributed by atoms with Gasteiger partial charge in [0.25, 0.3) is 0 Å². The van der Waals surface area contributed by atoms with Crippen molar-refractivity contribution in [2.24, 2.45) is 5.41 Å². The zero-order chi connectivity index (χ0) is 16.9. The van der Waals surface area contributed by atoms with Gasteiger partial charge in [0.2, 0.25) is 0 Å². The summed E-state index contributed by atoms with van der Waals surface area (Å²) in [6.45, 7) is 4.93. The molecule has 4 heteroatoms. The van der Waals surface area contributed by atoms with Gasteiger partial charge < -0.3 is 15.3 Å². The van der Waals surface area contributed by atoms with Crippen molar-refractivity contribution in [1.82, 2.24) is 10.2 Å². The molecule has 1 unspecified atom stereocenters. The van der Waals surface area contributed by atoms with Gasteiger partial charge in [0.1, 0.15) is 0 Å². The van der Waals surface area contributed by atoms with E-state index in [1.54, 1.807) is 0 Å². The van der Waals surface area contributed by atoms with Gasteiger partial charge in [-0.2, -0.15) is 0 Å². The molecule has 0 aromatic heterocycles. The van der Waals surface area contributed by atoms with Gasteiger partial charge >= 0.3 is 6.03 Å². The highest BCUT2D eigenvalue weighted by Crippen LogP contribution is 2.24. The average Bonchev–Trinajstić information content (AvgIpc) is 2.57. The molecule has 0 spiro atoms. The van der Waals surface area contributed by atoms with Gasteiger partial charge in [0, 0.05) is 26.2 Å². The quantitative estimate of drug-likeness (QED) is 0.792. The van der Waals surface area contributed by atoms with Crippen molar-refractivity contribution >= 4 is 6.03 Å².